The molecule has 0 unspecified atom stereocenters. The van der Waals surface area contributed by atoms with Crippen LogP contribution in [-0.4, -0.2) is 100 Å². The molecule has 1 aliphatic carbocycles. The van der Waals surface area contributed by atoms with E-state index in [9.17, 15) is 24.3 Å². The van der Waals surface area contributed by atoms with Gasteiger partial charge in [0.25, 0.3) is 0 Å². The fourth-order valence-electron chi connectivity index (χ4n) is 3.50. The maximum absolute atomic E-state index is 12.1. The zero-order valence-electron chi connectivity index (χ0n) is 15.2. The van der Waals surface area contributed by atoms with Gasteiger partial charge in [0.2, 0.25) is 5.91 Å². The summed E-state index contributed by atoms with van der Waals surface area (Å²) in [6.07, 6.45) is 2.65. The first-order chi connectivity index (χ1) is 12.7. The lowest BCUT2D eigenvalue weighted by Gasteiger charge is -2.43. The van der Waals surface area contributed by atoms with E-state index in [2.05, 4.69) is 5.32 Å². The van der Waals surface area contributed by atoms with Crippen LogP contribution in [0.25, 0.3) is 0 Å². The van der Waals surface area contributed by atoms with Crippen molar-refractivity contribution >= 4 is 23.8 Å². The van der Waals surface area contributed by atoms with Crippen LogP contribution in [0.1, 0.15) is 25.7 Å². The molecule has 1 rings (SSSR count). The van der Waals surface area contributed by atoms with E-state index >= 15 is 0 Å². The maximum Gasteiger partial charge on any atom is 0.317 e. The standard InChI is InChI=1S/C16H28N4O7/c17-5-6-18-13(21)7-19(8-14(22)23)11-3-1-2-4-12(11)20(9-15(24)25)10-16(26)27/h11-12H,1-10,17H2,(H,18,21)(H,22,23)(H,24,25)(H,26,27)/t11-,12-/m1/s1. The second kappa shape index (κ2) is 11.5. The van der Waals surface area contributed by atoms with E-state index in [-0.39, 0.29) is 25.5 Å². The molecular formula is C16H28N4O7. The third-order valence-corrected chi connectivity index (χ3v) is 4.46. The van der Waals surface area contributed by atoms with E-state index in [1.165, 1.54) is 9.80 Å². The van der Waals surface area contributed by atoms with Crippen molar-refractivity contribution < 1.29 is 34.5 Å². The van der Waals surface area contributed by atoms with Crippen molar-refractivity contribution in [3.63, 3.8) is 0 Å². The Kier molecular flexibility index (Phi) is 9.68. The summed E-state index contributed by atoms with van der Waals surface area (Å²) in [5.74, 6) is -3.82. The summed E-state index contributed by atoms with van der Waals surface area (Å²) in [7, 11) is 0. The molecule has 1 fully saturated rings. The van der Waals surface area contributed by atoms with Gasteiger partial charge in [-0.3, -0.25) is 29.0 Å². The number of amides is 1. The van der Waals surface area contributed by atoms with Gasteiger partial charge in [0.05, 0.1) is 26.2 Å². The highest BCUT2D eigenvalue weighted by Gasteiger charge is 2.37. The molecule has 0 spiro atoms. The Bertz CT molecular complexity index is 527. The SMILES string of the molecule is NCCNC(=O)CN(CC(=O)O)[C@@H]1CCCC[C@H]1N(CC(=O)O)CC(=O)O. The number of nitrogens with two attached hydrogens (primary N) is 1. The second-order valence-electron chi connectivity index (χ2n) is 6.55. The van der Waals surface area contributed by atoms with Crippen LogP contribution in [0.15, 0.2) is 0 Å². The predicted molar refractivity (Wildman–Crippen MR) is 94.2 cm³/mol. The van der Waals surface area contributed by atoms with Crippen LogP contribution < -0.4 is 11.1 Å². The van der Waals surface area contributed by atoms with Crippen molar-refractivity contribution in [2.24, 2.45) is 5.73 Å². The predicted octanol–water partition coefficient (Wildman–Crippen LogP) is -1.77. The number of carboxylic acid groups (broad SMARTS) is 3. The van der Waals surface area contributed by atoms with Crippen LogP contribution >= 0.6 is 0 Å². The van der Waals surface area contributed by atoms with Crippen molar-refractivity contribution in [2.45, 2.75) is 37.8 Å². The lowest BCUT2D eigenvalue weighted by molar-refractivity contribution is -0.147. The lowest BCUT2D eigenvalue weighted by atomic mass is 9.87. The van der Waals surface area contributed by atoms with Gasteiger partial charge in [-0.15, -0.1) is 0 Å². The molecule has 1 aliphatic rings. The van der Waals surface area contributed by atoms with Crippen molar-refractivity contribution in [3.8, 4) is 0 Å². The van der Waals surface area contributed by atoms with Gasteiger partial charge in [-0.25, -0.2) is 0 Å². The Labute approximate surface area is 157 Å². The average Bonchev–Trinajstić information content (AvgIpc) is 2.57. The van der Waals surface area contributed by atoms with Crippen molar-refractivity contribution in [1.82, 2.24) is 15.1 Å². The zero-order chi connectivity index (χ0) is 20.4. The van der Waals surface area contributed by atoms with Crippen LogP contribution in [0, 0.1) is 0 Å². The number of carbonyl (C=O) groups excluding carboxylic acids is 1. The Hall–Kier alpha value is -2.24. The van der Waals surface area contributed by atoms with Crippen LogP contribution in [0.3, 0.4) is 0 Å². The van der Waals surface area contributed by atoms with Crippen LogP contribution in [0.4, 0.5) is 0 Å². The van der Waals surface area contributed by atoms with Gasteiger partial charge in [-0.2, -0.15) is 0 Å². The summed E-state index contributed by atoms with van der Waals surface area (Å²) < 4.78 is 0. The van der Waals surface area contributed by atoms with Crippen molar-refractivity contribution in [2.75, 3.05) is 39.3 Å². The molecule has 0 aliphatic heterocycles. The number of carboxylic acids is 3. The molecule has 1 saturated carbocycles. The molecule has 0 saturated heterocycles. The van der Waals surface area contributed by atoms with Crippen LogP contribution in [0.2, 0.25) is 0 Å². The number of hydrogen-bond donors (Lipinski definition) is 5. The van der Waals surface area contributed by atoms with E-state index in [4.69, 9.17) is 15.9 Å². The van der Waals surface area contributed by atoms with Gasteiger partial charge in [0.1, 0.15) is 0 Å². The van der Waals surface area contributed by atoms with E-state index in [1.54, 1.807) is 0 Å². The van der Waals surface area contributed by atoms with E-state index < -0.39 is 49.6 Å². The monoisotopic (exact) mass is 388 g/mol. The molecular weight excluding hydrogens is 360 g/mol. The number of nitrogens with zero attached hydrogens (tertiary/aromatic N) is 2. The highest BCUT2D eigenvalue weighted by atomic mass is 16.4. The van der Waals surface area contributed by atoms with Gasteiger partial charge in [-0.1, -0.05) is 12.8 Å². The molecule has 154 valence electrons. The molecule has 11 nitrogen and oxygen atoms in total. The molecule has 2 atom stereocenters. The number of hydrogen-bond acceptors (Lipinski definition) is 7. The minimum absolute atomic E-state index is 0.179. The molecule has 1 amide bonds. The molecule has 0 heterocycles. The molecule has 6 N–H and O–H groups in total. The van der Waals surface area contributed by atoms with Crippen LogP contribution in [-0.2, 0) is 19.2 Å². The molecule has 27 heavy (non-hydrogen) atoms. The van der Waals surface area contributed by atoms with E-state index in [1.807, 2.05) is 0 Å². The molecule has 0 bridgehead atoms. The quantitative estimate of drug-likeness (QED) is 0.257. The molecule has 0 aromatic carbocycles. The minimum atomic E-state index is -1.16. The Balaban J connectivity index is 3.01. The topological polar surface area (TPSA) is 173 Å². The molecule has 0 aromatic heterocycles. The average molecular weight is 388 g/mol. The first-order valence-electron chi connectivity index (χ1n) is 8.84. The van der Waals surface area contributed by atoms with E-state index in [0.717, 1.165) is 12.8 Å². The normalized spacial score (nSPS) is 19.8. The largest absolute Gasteiger partial charge is 0.480 e. The minimum Gasteiger partial charge on any atom is -0.480 e. The summed E-state index contributed by atoms with van der Waals surface area (Å²) >= 11 is 0. The molecule has 0 aromatic rings. The van der Waals surface area contributed by atoms with Crippen molar-refractivity contribution in [3.05, 3.63) is 0 Å². The first-order valence-corrected chi connectivity index (χ1v) is 8.84. The second-order valence-corrected chi connectivity index (χ2v) is 6.55. The molecule has 0 radical (unpaired) electrons. The smallest absolute Gasteiger partial charge is 0.317 e. The number of carbonyl (C=O) groups is 4. The van der Waals surface area contributed by atoms with Gasteiger partial charge >= 0.3 is 17.9 Å². The van der Waals surface area contributed by atoms with Crippen LogP contribution in [0.5, 0.6) is 0 Å². The third-order valence-electron chi connectivity index (χ3n) is 4.46. The highest BCUT2D eigenvalue weighted by Crippen LogP contribution is 2.27. The Morgan fingerprint density at radius 1 is 0.815 bits per heavy atom. The lowest BCUT2D eigenvalue weighted by Crippen LogP contribution is -2.58. The number of aliphatic carboxylic acids is 3. The van der Waals surface area contributed by atoms with E-state index in [0.29, 0.717) is 12.8 Å². The highest BCUT2D eigenvalue weighted by molar-refractivity contribution is 5.79. The first kappa shape index (κ1) is 22.8. The maximum atomic E-state index is 12.1. The number of nitrogens with one attached hydrogen (secondary N) is 1. The third kappa shape index (κ3) is 8.33. The van der Waals surface area contributed by atoms with Crippen molar-refractivity contribution in [1.29, 1.82) is 0 Å². The fraction of sp³-hybridized carbons (Fsp3) is 0.750. The summed E-state index contributed by atoms with van der Waals surface area (Å²) in [4.78, 5) is 48.5. The van der Waals surface area contributed by atoms with Gasteiger partial charge in [-0.05, 0) is 12.8 Å². The molecule has 11 heteroatoms. The summed E-state index contributed by atoms with van der Waals surface area (Å²) in [5, 5.41) is 30.1. The fourth-order valence-corrected chi connectivity index (χ4v) is 3.50. The summed E-state index contributed by atoms with van der Waals surface area (Å²) in [5.41, 5.74) is 5.35. The zero-order valence-corrected chi connectivity index (χ0v) is 15.2. The Morgan fingerprint density at radius 3 is 1.59 bits per heavy atom. The number of rotatable bonds is 12. The summed E-state index contributed by atoms with van der Waals surface area (Å²) in [6, 6.07) is -0.898. The summed E-state index contributed by atoms with van der Waals surface area (Å²) in [6.45, 7) is -0.992. The van der Waals surface area contributed by atoms with Gasteiger partial charge in [0, 0.05) is 25.2 Å². The Morgan fingerprint density at radius 2 is 1.22 bits per heavy atom. The van der Waals surface area contributed by atoms with Gasteiger partial charge < -0.3 is 26.4 Å². The van der Waals surface area contributed by atoms with Gasteiger partial charge in [0.15, 0.2) is 0 Å².